The van der Waals surface area contributed by atoms with Crippen LogP contribution in [-0.4, -0.2) is 66.0 Å². The lowest BCUT2D eigenvalue weighted by molar-refractivity contribution is 0.0796. The average molecular weight is 481 g/mol. The van der Waals surface area contributed by atoms with Gasteiger partial charge in [0.1, 0.15) is 18.0 Å². The molecule has 1 N–H and O–H groups in total. The van der Waals surface area contributed by atoms with Crippen molar-refractivity contribution < 1.29 is 9.53 Å². The Balaban J connectivity index is 1.34. The molecule has 4 aromatic rings. The van der Waals surface area contributed by atoms with E-state index in [1.807, 2.05) is 37.6 Å². The fourth-order valence-corrected chi connectivity index (χ4v) is 5.62. The zero-order valence-corrected chi connectivity index (χ0v) is 21.2. The Morgan fingerprint density at radius 2 is 1.75 bits per heavy atom. The fraction of sp³-hybridized carbons (Fsp3) is 0.333. The molecule has 6 nitrogen and oxygen atoms in total. The number of carbonyl (C=O) groups excluding carboxylic acids is 1. The molecule has 0 unspecified atom stereocenters. The number of carbonyl (C=O) groups is 1. The molecule has 2 aromatic heterocycles. The number of nitrogens with zero attached hydrogens (tertiary/aromatic N) is 3. The monoisotopic (exact) mass is 480 g/mol. The summed E-state index contributed by atoms with van der Waals surface area (Å²) in [5, 5.41) is 1.06. The van der Waals surface area contributed by atoms with Crippen LogP contribution in [0.4, 0.5) is 0 Å². The number of hydrogen-bond acceptors (Lipinski definition) is 4. The summed E-state index contributed by atoms with van der Waals surface area (Å²) < 4.78 is 5.92. The van der Waals surface area contributed by atoms with Crippen LogP contribution in [0.3, 0.4) is 0 Å². The van der Waals surface area contributed by atoms with Gasteiger partial charge in [-0.1, -0.05) is 24.3 Å². The van der Waals surface area contributed by atoms with Gasteiger partial charge in [0, 0.05) is 36.0 Å². The Morgan fingerprint density at radius 1 is 0.944 bits per heavy atom. The SMILES string of the molecule is Cc1cc(-c2cnc3[nH]cc(-c4ccc5c(c4)OCCN(C)C5=O)c3c2)ccc1C1CCN(C)CC1. The van der Waals surface area contributed by atoms with Gasteiger partial charge < -0.3 is 19.5 Å². The first-order valence-electron chi connectivity index (χ1n) is 12.8. The van der Waals surface area contributed by atoms with Gasteiger partial charge >= 0.3 is 0 Å². The molecule has 0 atom stereocenters. The van der Waals surface area contributed by atoms with E-state index in [9.17, 15) is 4.79 Å². The molecule has 6 rings (SSSR count). The van der Waals surface area contributed by atoms with Crippen molar-refractivity contribution in [1.82, 2.24) is 19.8 Å². The van der Waals surface area contributed by atoms with Gasteiger partial charge in [0.15, 0.2) is 0 Å². The summed E-state index contributed by atoms with van der Waals surface area (Å²) in [6, 6.07) is 14.9. The third-order valence-corrected chi connectivity index (χ3v) is 7.85. The summed E-state index contributed by atoms with van der Waals surface area (Å²) in [6.07, 6.45) is 6.39. The molecule has 184 valence electrons. The van der Waals surface area contributed by atoms with Crippen LogP contribution < -0.4 is 4.74 Å². The predicted octanol–water partition coefficient (Wildman–Crippen LogP) is 5.48. The molecular formula is C30H32N4O2. The van der Waals surface area contributed by atoms with Gasteiger partial charge in [0.25, 0.3) is 5.91 Å². The maximum atomic E-state index is 12.6. The second-order valence-electron chi connectivity index (χ2n) is 10.3. The first kappa shape index (κ1) is 22.8. The number of ether oxygens (including phenoxy) is 1. The van der Waals surface area contributed by atoms with Crippen LogP contribution >= 0.6 is 0 Å². The lowest BCUT2D eigenvalue weighted by Gasteiger charge is -2.30. The minimum absolute atomic E-state index is 0.00371. The predicted molar refractivity (Wildman–Crippen MR) is 144 cm³/mol. The number of aromatic nitrogens is 2. The lowest BCUT2D eigenvalue weighted by atomic mass is 9.86. The summed E-state index contributed by atoms with van der Waals surface area (Å²) >= 11 is 0. The number of pyridine rings is 1. The van der Waals surface area contributed by atoms with Gasteiger partial charge in [-0.15, -0.1) is 0 Å². The van der Waals surface area contributed by atoms with Gasteiger partial charge in [-0.3, -0.25) is 4.79 Å². The van der Waals surface area contributed by atoms with E-state index < -0.39 is 0 Å². The van der Waals surface area contributed by atoms with Crippen LogP contribution in [0.2, 0.25) is 0 Å². The average Bonchev–Trinajstić information content (AvgIpc) is 3.26. The molecule has 2 aromatic carbocycles. The highest BCUT2D eigenvalue weighted by atomic mass is 16.5. The molecule has 1 amide bonds. The highest BCUT2D eigenvalue weighted by Crippen LogP contribution is 2.36. The van der Waals surface area contributed by atoms with Crippen molar-refractivity contribution in [2.45, 2.75) is 25.7 Å². The zero-order valence-electron chi connectivity index (χ0n) is 21.2. The molecule has 1 fully saturated rings. The van der Waals surface area contributed by atoms with E-state index in [0.29, 0.717) is 30.4 Å². The third kappa shape index (κ3) is 4.05. The number of rotatable bonds is 3. The molecule has 1 saturated heterocycles. The zero-order chi connectivity index (χ0) is 24.8. The second-order valence-corrected chi connectivity index (χ2v) is 10.3. The number of amides is 1. The topological polar surface area (TPSA) is 61.5 Å². The van der Waals surface area contributed by atoms with Gasteiger partial charge in [-0.25, -0.2) is 4.98 Å². The highest BCUT2D eigenvalue weighted by molar-refractivity contribution is 6.00. The van der Waals surface area contributed by atoms with Crippen LogP contribution in [0.15, 0.2) is 54.9 Å². The van der Waals surface area contributed by atoms with E-state index >= 15 is 0 Å². The summed E-state index contributed by atoms with van der Waals surface area (Å²) in [6.45, 7) is 5.65. The first-order valence-corrected chi connectivity index (χ1v) is 12.8. The van der Waals surface area contributed by atoms with E-state index in [-0.39, 0.29) is 5.91 Å². The number of benzene rings is 2. The van der Waals surface area contributed by atoms with Gasteiger partial charge in [-0.2, -0.15) is 0 Å². The van der Waals surface area contributed by atoms with Gasteiger partial charge in [0.05, 0.1) is 12.1 Å². The van der Waals surface area contributed by atoms with Gasteiger partial charge in [-0.05, 0) is 86.3 Å². The number of piperidine rings is 1. The van der Waals surface area contributed by atoms with E-state index in [4.69, 9.17) is 9.72 Å². The molecule has 4 heterocycles. The van der Waals surface area contributed by atoms with E-state index in [2.05, 4.69) is 48.1 Å². The number of aromatic amines is 1. The highest BCUT2D eigenvalue weighted by Gasteiger charge is 2.22. The molecule has 36 heavy (non-hydrogen) atoms. The summed E-state index contributed by atoms with van der Waals surface area (Å²) in [4.78, 5) is 24.8. The smallest absolute Gasteiger partial charge is 0.257 e. The van der Waals surface area contributed by atoms with Crippen LogP contribution in [0, 0.1) is 6.92 Å². The number of likely N-dealkylation sites (N-methyl/N-ethyl adjacent to an activating group) is 1. The number of nitrogens with one attached hydrogen (secondary N) is 1. The first-order chi connectivity index (χ1) is 17.5. The molecule has 0 aliphatic carbocycles. The van der Waals surface area contributed by atoms with Crippen LogP contribution in [0.25, 0.3) is 33.3 Å². The molecule has 2 aliphatic heterocycles. The van der Waals surface area contributed by atoms with Crippen molar-refractivity contribution in [3.8, 4) is 28.0 Å². The lowest BCUT2D eigenvalue weighted by Crippen LogP contribution is -2.29. The van der Waals surface area contributed by atoms with Crippen LogP contribution in [0.1, 0.15) is 40.2 Å². The van der Waals surface area contributed by atoms with Crippen molar-refractivity contribution in [1.29, 1.82) is 0 Å². The number of hydrogen-bond donors (Lipinski definition) is 1. The number of fused-ring (bicyclic) bond motifs is 2. The Kier molecular flexibility index (Phi) is 5.76. The number of aryl methyl sites for hydroxylation is 1. The van der Waals surface area contributed by atoms with E-state index in [1.165, 1.54) is 42.6 Å². The molecule has 2 aliphatic rings. The van der Waals surface area contributed by atoms with Crippen molar-refractivity contribution >= 4 is 16.9 Å². The Morgan fingerprint density at radius 3 is 2.56 bits per heavy atom. The Bertz CT molecular complexity index is 1450. The molecule has 0 spiro atoms. The Hall–Kier alpha value is -3.64. The maximum absolute atomic E-state index is 12.6. The van der Waals surface area contributed by atoms with Crippen molar-refractivity contribution in [2.75, 3.05) is 40.3 Å². The fourth-order valence-electron chi connectivity index (χ4n) is 5.62. The Labute approximate surface area is 211 Å². The maximum Gasteiger partial charge on any atom is 0.257 e. The van der Waals surface area contributed by atoms with Crippen molar-refractivity contribution in [3.05, 3.63) is 71.5 Å². The molecule has 0 radical (unpaired) electrons. The minimum Gasteiger partial charge on any atom is -0.491 e. The summed E-state index contributed by atoms with van der Waals surface area (Å²) in [5.41, 5.74) is 8.63. The van der Waals surface area contributed by atoms with Crippen LogP contribution in [0.5, 0.6) is 5.75 Å². The quantitative estimate of drug-likeness (QED) is 0.422. The van der Waals surface area contributed by atoms with Crippen molar-refractivity contribution in [3.63, 3.8) is 0 Å². The molecule has 0 bridgehead atoms. The molecule has 0 saturated carbocycles. The van der Waals surface area contributed by atoms with E-state index in [1.54, 1.807) is 4.90 Å². The standard InChI is InChI=1S/C30H32N4O2/c1-19-14-21(4-6-24(19)20-8-10-33(2)11-9-20)23-15-26-27(18-32-29(26)31-17-23)22-5-7-25-28(16-22)36-13-12-34(3)30(25)35/h4-7,14-18,20H,8-13H2,1-3H3,(H,31,32). The van der Waals surface area contributed by atoms with Gasteiger partial charge in [0.2, 0.25) is 0 Å². The second kappa shape index (κ2) is 9.10. The number of likely N-dealkylation sites (tertiary alicyclic amines) is 1. The largest absolute Gasteiger partial charge is 0.491 e. The molecular weight excluding hydrogens is 448 g/mol. The van der Waals surface area contributed by atoms with Crippen LogP contribution in [-0.2, 0) is 0 Å². The normalized spacial score (nSPS) is 17.2. The molecule has 6 heteroatoms. The minimum atomic E-state index is -0.00371. The summed E-state index contributed by atoms with van der Waals surface area (Å²) in [5.74, 6) is 1.28. The van der Waals surface area contributed by atoms with E-state index in [0.717, 1.165) is 27.7 Å². The third-order valence-electron chi connectivity index (χ3n) is 7.85. The summed E-state index contributed by atoms with van der Waals surface area (Å²) in [7, 11) is 4.02. The number of H-pyrrole nitrogens is 1. The van der Waals surface area contributed by atoms with Crippen molar-refractivity contribution in [2.24, 2.45) is 0 Å².